The summed E-state index contributed by atoms with van der Waals surface area (Å²) < 4.78 is 16.9. The van der Waals surface area contributed by atoms with Crippen molar-refractivity contribution >= 4 is 11.6 Å². The van der Waals surface area contributed by atoms with Gasteiger partial charge < -0.3 is 14.2 Å². The number of rotatable bonds is 8. The summed E-state index contributed by atoms with van der Waals surface area (Å²) in [5, 5.41) is 9.63. The van der Waals surface area contributed by atoms with Crippen LogP contribution in [-0.4, -0.2) is 25.3 Å². The van der Waals surface area contributed by atoms with E-state index in [9.17, 15) is 5.26 Å². The number of hydrogen-bond donors (Lipinski definition) is 0. The number of benzene rings is 2. The highest BCUT2D eigenvalue weighted by Gasteiger charge is 2.14. The molecule has 3 rings (SSSR count). The van der Waals surface area contributed by atoms with Crippen molar-refractivity contribution in [1.29, 1.82) is 5.26 Å². The summed E-state index contributed by atoms with van der Waals surface area (Å²) in [7, 11) is 1.58. The number of ether oxygens (including phenoxy) is 3. The molecule has 0 aliphatic rings. The van der Waals surface area contributed by atoms with E-state index >= 15 is 0 Å². The van der Waals surface area contributed by atoms with Crippen molar-refractivity contribution in [1.82, 2.24) is 4.98 Å². The Morgan fingerprint density at radius 3 is 2.55 bits per heavy atom. The van der Waals surface area contributed by atoms with Crippen LogP contribution in [0.4, 0.5) is 0 Å². The molecule has 0 saturated heterocycles. The third-order valence-electron chi connectivity index (χ3n) is 4.29. The molecule has 0 aliphatic heterocycles. The van der Waals surface area contributed by atoms with Gasteiger partial charge in [0, 0.05) is 11.3 Å². The first-order chi connectivity index (χ1) is 14.1. The van der Waals surface area contributed by atoms with Crippen molar-refractivity contribution in [3.8, 4) is 28.7 Å². The van der Waals surface area contributed by atoms with Crippen LogP contribution in [-0.2, 0) is 11.3 Å². The van der Waals surface area contributed by atoms with Gasteiger partial charge in [-0.2, -0.15) is 5.26 Å². The first-order valence-corrected chi connectivity index (χ1v) is 9.50. The van der Waals surface area contributed by atoms with Crippen LogP contribution in [0.5, 0.6) is 11.5 Å². The molecule has 2 aromatic carbocycles. The molecule has 0 saturated carbocycles. The number of halogens is 1. The van der Waals surface area contributed by atoms with Gasteiger partial charge in [0.15, 0.2) is 11.5 Å². The molecule has 1 aromatic heterocycles. The van der Waals surface area contributed by atoms with Crippen LogP contribution in [0.25, 0.3) is 11.1 Å². The number of aromatic nitrogens is 1. The van der Waals surface area contributed by atoms with Gasteiger partial charge in [-0.05, 0) is 36.2 Å². The van der Waals surface area contributed by atoms with Crippen LogP contribution < -0.4 is 9.47 Å². The molecule has 0 spiro atoms. The average Bonchev–Trinajstić information content (AvgIpc) is 2.74. The summed E-state index contributed by atoms with van der Waals surface area (Å²) >= 11 is 6.13. The molecule has 0 aliphatic carbocycles. The minimum absolute atomic E-state index is 0.192. The Bertz CT molecular complexity index is 1020. The summed E-state index contributed by atoms with van der Waals surface area (Å²) in [6.45, 7) is 3.23. The largest absolute Gasteiger partial charge is 0.493 e. The van der Waals surface area contributed by atoms with Gasteiger partial charge in [0.25, 0.3) is 0 Å². The minimum atomic E-state index is 0.192. The molecule has 0 fully saturated rings. The van der Waals surface area contributed by atoms with Gasteiger partial charge in [-0.25, -0.2) is 4.98 Å². The highest BCUT2D eigenvalue weighted by molar-refractivity contribution is 6.31. The normalized spacial score (nSPS) is 10.4. The van der Waals surface area contributed by atoms with Crippen molar-refractivity contribution in [2.45, 2.75) is 13.5 Å². The zero-order valence-corrected chi connectivity index (χ0v) is 17.1. The standard InChI is InChI=1S/C23H21ClN2O3/c1-16-12-19(20(14-25)23(24)26-16)18-8-9-21(22(13-18)27-2)29-11-10-28-15-17-6-4-3-5-7-17/h3-9,12-13H,10-11,15H2,1-2H3. The predicted molar refractivity (Wildman–Crippen MR) is 112 cm³/mol. The van der Waals surface area contributed by atoms with Crippen molar-refractivity contribution in [3.63, 3.8) is 0 Å². The third-order valence-corrected chi connectivity index (χ3v) is 4.56. The van der Waals surface area contributed by atoms with Crippen molar-refractivity contribution in [2.24, 2.45) is 0 Å². The lowest BCUT2D eigenvalue weighted by atomic mass is 10.0. The van der Waals surface area contributed by atoms with E-state index < -0.39 is 0 Å². The molecule has 0 radical (unpaired) electrons. The molecule has 5 nitrogen and oxygen atoms in total. The van der Waals surface area contributed by atoms with Gasteiger partial charge in [0.1, 0.15) is 17.8 Å². The quantitative estimate of drug-likeness (QED) is 0.379. The van der Waals surface area contributed by atoms with Crippen LogP contribution in [0.2, 0.25) is 5.15 Å². The second-order valence-corrected chi connectivity index (χ2v) is 6.70. The Morgan fingerprint density at radius 2 is 1.83 bits per heavy atom. The molecular formula is C23H21ClN2O3. The number of nitrogens with zero attached hydrogens (tertiary/aromatic N) is 2. The van der Waals surface area contributed by atoms with Crippen molar-refractivity contribution in [2.75, 3.05) is 20.3 Å². The lowest BCUT2D eigenvalue weighted by molar-refractivity contribution is 0.0880. The number of hydrogen-bond acceptors (Lipinski definition) is 5. The fourth-order valence-electron chi connectivity index (χ4n) is 2.90. The predicted octanol–water partition coefficient (Wildman–Crippen LogP) is 5.19. The zero-order valence-electron chi connectivity index (χ0n) is 16.3. The first kappa shape index (κ1) is 20.7. The zero-order chi connectivity index (χ0) is 20.6. The number of methoxy groups -OCH3 is 1. The average molecular weight is 409 g/mol. The van der Waals surface area contributed by atoms with Crippen LogP contribution >= 0.6 is 11.6 Å². The summed E-state index contributed by atoms with van der Waals surface area (Å²) in [4.78, 5) is 4.14. The summed E-state index contributed by atoms with van der Waals surface area (Å²) in [6.07, 6.45) is 0. The van der Waals surface area contributed by atoms with Crippen LogP contribution in [0.3, 0.4) is 0 Å². The van der Waals surface area contributed by atoms with E-state index in [1.54, 1.807) is 7.11 Å². The molecule has 148 valence electrons. The van der Waals surface area contributed by atoms with E-state index in [1.165, 1.54) is 0 Å². The highest BCUT2D eigenvalue weighted by atomic mass is 35.5. The fourth-order valence-corrected chi connectivity index (χ4v) is 3.18. The Balaban J connectivity index is 1.67. The van der Waals surface area contributed by atoms with Crippen LogP contribution in [0.1, 0.15) is 16.8 Å². The molecule has 0 N–H and O–H groups in total. The molecule has 0 bridgehead atoms. The molecule has 0 amide bonds. The van der Waals surface area contributed by atoms with E-state index in [2.05, 4.69) is 11.1 Å². The lowest BCUT2D eigenvalue weighted by Gasteiger charge is -2.14. The van der Waals surface area contributed by atoms with E-state index in [0.29, 0.717) is 42.4 Å². The second-order valence-electron chi connectivity index (χ2n) is 6.34. The Morgan fingerprint density at radius 1 is 1.03 bits per heavy atom. The fraction of sp³-hybridized carbons (Fsp3) is 0.217. The number of nitriles is 1. The molecule has 6 heteroatoms. The van der Waals surface area contributed by atoms with Gasteiger partial charge in [0.2, 0.25) is 0 Å². The molecule has 0 atom stereocenters. The van der Waals surface area contributed by atoms with Crippen molar-refractivity contribution < 1.29 is 14.2 Å². The second kappa shape index (κ2) is 9.92. The van der Waals surface area contributed by atoms with Crippen LogP contribution in [0, 0.1) is 18.3 Å². The third kappa shape index (κ3) is 5.26. The molecule has 29 heavy (non-hydrogen) atoms. The van der Waals surface area contributed by atoms with E-state index in [-0.39, 0.29) is 5.15 Å². The van der Waals surface area contributed by atoms with Gasteiger partial charge >= 0.3 is 0 Å². The minimum Gasteiger partial charge on any atom is -0.493 e. The van der Waals surface area contributed by atoms with Gasteiger partial charge in [-0.15, -0.1) is 0 Å². The van der Waals surface area contributed by atoms with E-state index in [1.807, 2.05) is 61.5 Å². The first-order valence-electron chi connectivity index (χ1n) is 9.12. The molecular weight excluding hydrogens is 388 g/mol. The van der Waals surface area contributed by atoms with Crippen LogP contribution in [0.15, 0.2) is 54.6 Å². The Hall–Kier alpha value is -3.07. The maximum Gasteiger partial charge on any atom is 0.161 e. The summed E-state index contributed by atoms with van der Waals surface area (Å²) in [6, 6.07) is 19.4. The van der Waals surface area contributed by atoms with Crippen molar-refractivity contribution in [3.05, 3.63) is 76.6 Å². The monoisotopic (exact) mass is 408 g/mol. The van der Waals surface area contributed by atoms with E-state index in [0.717, 1.165) is 16.8 Å². The molecule has 1 heterocycles. The van der Waals surface area contributed by atoms with Gasteiger partial charge in [-0.1, -0.05) is 48.0 Å². The topological polar surface area (TPSA) is 64.4 Å². The maximum atomic E-state index is 9.44. The summed E-state index contributed by atoms with van der Waals surface area (Å²) in [5.41, 5.74) is 3.70. The number of pyridine rings is 1. The lowest BCUT2D eigenvalue weighted by Crippen LogP contribution is -2.07. The van der Waals surface area contributed by atoms with E-state index in [4.69, 9.17) is 25.8 Å². The Labute approximate surface area is 175 Å². The Kier molecular flexibility index (Phi) is 7.07. The van der Waals surface area contributed by atoms with Gasteiger partial charge in [-0.3, -0.25) is 0 Å². The maximum absolute atomic E-state index is 9.44. The number of aryl methyl sites for hydroxylation is 1. The van der Waals surface area contributed by atoms with Gasteiger partial charge in [0.05, 0.1) is 25.9 Å². The smallest absolute Gasteiger partial charge is 0.161 e. The molecule has 3 aromatic rings. The molecule has 0 unspecified atom stereocenters. The highest BCUT2D eigenvalue weighted by Crippen LogP contribution is 2.35. The summed E-state index contributed by atoms with van der Waals surface area (Å²) in [5.74, 6) is 1.18. The SMILES string of the molecule is COc1cc(-c2cc(C)nc(Cl)c2C#N)ccc1OCCOCc1ccccc1.